The Kier molecular flexibility index (Phi) is 6.11. The standard InChI is InChI=1S/C18H25N3O2S2/c1-6-20(7-2)17(24)25-12(3)15(22)21-14-11-9-8-10-13(14)19-16(23)18(21,4)5/h8-12H,6-7H2,1-5H3,(H,19,23). The quantitative estimate of drug-likeness (QED) is 0.812. The van der Waals surface area contributed by atoms with Crippen LogP contribution in [0.1, 0.15) is 34.6 Å². The summed E-state index contributed by atoms with van der Waals surface area (Å²) in [5.74, 6) is -0.310. The number of hydrogen-bond donors (Lipinski definition) is 1. The first-order chi connectivity index (χ1) is 11.7. The summed E-state index contributed by atoms with van der Waals surface area (Å²) < 4.78 is 0.707. The van der Waals surface area contributed by atoms with Crippen LogP contribution in [0.4, 0.5) is 11.4 Å². The van der Waals surface area contributed by atoms with Crippen molar-refractivity contribution in [3.8, 4) is 0 Å². The number of rotatable bonds is 4. The van der Waals surface area contributed by atoms with Gasteiger partial charge in [-0.15, -0.1) is 0 Å². The molecule has 1 atom stereocenters. The van der Waals surface area contributed by atoms with Crippen molar-refractivity contribution in [2.45, 2.75) is 45.4 Å². The summed E-state index contributed by atoms with van der Waals surface area (Å²) in [6.45, 7) is 11.1. The van der Waals surface area contributed by atoms with Gasteiger partial charge in [0.2, 0.25) is 11.8 Å². The molecule has 0 radical (unpaired) electrons. The second kappa shape index (κ2) is 7.74. The number of benzene rings is 1. The van der Waals surface area contributed by atoms with E-state index < -0.39 is 5.54 Å². The van der Waals surface area contributed by atoms with Crippen LogP contribution in [0.2, 0.25) is 0 Å². The molecule has 1 N–H and O–H groups in total. The lowest BCUT2D eigenvalue weighted by Gasteiger charge is -2.43. The molecule has 5 nitrogen and oxygen atoms in total. The molecule has 1 unspecified atom stereocenters. The lowest BCUT2D eigenvalue weighted by atomic mass is 9.96. The summed E-state index contributed by atoms with van der Waals surface area (Å²) in [7, 11) is 0. The number of thiocarbonyl (C=S) groups is 1. The number of nitrogens with one attached hydrogen (secondary N) is 1. The molecule has 1 aliphatic rings. The second-order valence-electron chi connectivity index (χ2n) is 6.40. The van der Waals surface area contributed by atoms with Crippen LogP contribution in [0.25, 0.3) is 0 Å². The van der Waals surface area contributed by atoms with Crippen molar-refractivity contribution in [1.29, 1.82) is 0 Å². The zero-order valence-electron chi connectivity index (χ0n) is 15.3. The summed E-state index contributed by atoms with van der Waals surface area (Å²) in [6.07, 6.45) is 0. The zero-order chi connectivity index (χ0) is 18.8. The molecule has 0 saturated carbocycles. The Morgan fingerprint density at radius 3 is 2.52 bits per heavy atom. The van der Waals surface area contributed by atoms with Gasteiger partial charge in [-0.1, -0.05) is 36.1 Å². The van der Waals surface area contributed by atoms with E-state index in [9.17, 15) is 9.59 Å². The molecule has 2 rings (SSSR count). The molecule has 2 amide bonds. The first kappa shape index (κ1) is 19.7. The monoisotopic (exact) mass is 379 g/mol. The van der Waals surface area contributed by atoms with Crippen LogP contribution in [0.5, 0.6) is 0 Å². The Hall–Kier alpha value is -1.60. The van der Waals surface area contributed by atoms with Crippen molar-refractivity contribution in [1.82, 2.24) is 4.90 Å². The van der Waals surface area contributed by atoms with Gasteiger partial charge < -0.3 is 10.2 Å². The van der Waals surface area contributed by atoms with E-state index in [2.05, 4.69) is 5.32 Å². The fourth-order valence-corrected chi connectivity index (χ4v) is 4.39. The fraction of sp³-hybridized carbons (Fsp3) is 0.500. The molecule has 0 aliphatic carbocycles. The van der Waals surface area contributed by atoms with E-state index in [0.29, 0.717) is 10.0 Å². The number of hydrogen-bond acceptors (Lipinski definition) is 4. The normalized spacial score (nSPS) is 16.7. The van der Waals surface area contributed by atoms with Gasteiger partial charge in [0.05, 0.1) is 16.6 Å². The molecule has 25 heavy (non-hydrogen) atoms. The molecule has 0 aromatic heterocycles. The lowest BCUT2D eigenvalue weighted by Crippen LogP contribution is -2.60. The SMILES string of the molecule is CCN(CC)C(=S)SC(C)C(=O)N1c2ccccc2NC(=O)C1(C)C. The van der Waals surface area contributed by atoms with E-state index in [1.54, 1.807) is 24.8 Å². The van der Waals surface area contributed by atoms with E-state index in [1.807, 2.05) is 43.9 Å². The van der Waals surface area contributed by atoms with Gasteiger partial charge in [0.15, 0.2) is 0 Å². The van der Waals surface area contributed by atoms with Crippen LogP contribution in [0, 0.1) is 0 Å². The molecule has 1 aromatic rings. The molecular formula is C18H25N3O2S2. The maximum Gasteiger partial charge on any atom is 0.250 e. The molecule has 0 spiro atoms. The smallest absolute Gasteiger partial charge is 0.250 e. The summed E-state index contributed by atoms with van der Waals surface area (Å²) >= 11 is 6.84. The maximum absolute atomic E-state index is 13.2. The van der Waals surface area contributed by atoms with Gasteiger partial charge in [0.25, 0.3) is 0 Å². The first-order valence-corrected chi connectivity index (χ1v) is 9.72. The number of carbonyl (C=O) groups is 2. The van der Waals surface area contributed by atoms with Gasteiger partial charge in [-0.2, -0.15) is 0 Å². The van der Waals surface area contributed by atoms with Crippen molar-refractivity contribution in [2.24, 2.45) is 0 Å². The number of nitrogens with zero attached hydrogens (tertiary/aromatic N) is 2. The summed E-state index contributed by atoms with van der Waals surface area (Å²) in [4.78, 5) is 29.3. The molecule has 1 heterocycles. The van der Waals surface area contributed by atoms with Crippen LogP contribution in [-0.4, -0.2) is 44.9 Å². The molecular weight excluding hydrogens is 354 g/mol. The van der Waals surface area contributed by atoms with Gasteiger partial charge >= 0.3 is 0 Å². The molecule has 1 aromatic carbocycles. The van der Waals surface area contributed by atoms with Crippen molar-refractivity contribution in [3.05, 3.63) is 24.3 Å². The third kappa shape index (κ3) is 3.82. The van der Waals surface area contributed by atoms with Crippen molar-refractivity contribution in [3.63, 3.8) is 0 Å². The minimum atomic E-state index is -0.961. The number of thioether (sulfide) groups is 1. The van der Waals surface area contributed by atoms with Crippen molar-refractivity contribution >= 4 is 51.5 Å². The van der Waals surface area contributed by atoms with E-state index in [4.69, 9.17) is 12.2 Å². The predicted molar refractivity (Wildman–Crippen MR) is 109 cm³/mol. The topological polar surface area (TPSA) is 52.7 Å². The Morgan fingerprint density at radius 2 is 1.92 bits per heavy atom. The highest BCUT2D eigenvalue weighted by atomic mass is 32.2. The van der Waals surface area contributed by atoms with Gasteiger partial charge in [-0.25, -0.2) is 0 Å². The van der Waals surface area contributed by atoms with E-state index in [1.165, 1.54) is 11.8 Å². The fourth-order valence-electron chi connectivity index (χ4n) is 2.79. The van der Waals surface area contributed by atoms with Crippen molar-refractivity contribution in [2.75, 3.05) is 23.3 Å². The molecule has 0 fully saturated rings. The van der Waals surface area contributed by atoms with E-state index in [0.717, 1.165) is 18.8 Å². The molecule has 7 heteroatoms. The minimum absolute atomic E-state index is 0.119. The first-order valence-electron chi connectivity index (χ1n) is 8.44. The van der Waals surface area contributed by atoms with E-state index in [-0.39, 0.29) is 17.1 Å². The Balaban J connectivity index is 2.30. The predicted octanol–water partition coefficient (Wildman–Crippen LogP) is 3.50. The average molecular weight is 380 g/mol. The minimum Gasteiger partial charge on any atom is -0.358 e. The lowest BCUT2D eigenvalue weighted by molar-refractivity contribution is -0.126. The maximum atomic E-state index is 13.2. The number of carbonyl (C=O) groups excluding carboxylic acids is 2. The highest BCUT2D eigenvalue weighted by Crippen LogP contribution is 2.38. The summed E-state index contributed by atoms with van der Waals surface area (Å²) in [6, 6.07) is 7.37. The largest absolute Gasteiger partial charge is 0.358 e. The van der Waals surface area contributed by atoms with Gasteiger partial charge in [0, 0.05) is 13.1 Å². The average Bonchev–Trinajstić information content (AvgIpc) is 2.56. The molecule has 1 aliphatic heterocycles. The number of fused-ring (bicyclic) bond motifs is 1. The molecule has 136 valence electrons. The summed E-state index contributed by atoms with van der Waals surface area (Å²) in [5.41, 5.74) is 0.416. The van der Waals surface area contributed by atoms with E-state index >= 15 is 0 Å². The van der Waals surface area contributed by atoms with Crippen LogP contribution in [0.3, 0.4) is 0 Å². The Labute approximate surface area is 159 Å². The van der Waals surface area contributed by atoms with Crippen molar-refractivity contribution < 1.29 is 9.59 Å². The molecule has 0 bridgehead atoms. The van der Waals surface area contributed by atoms with Gasteiger partial charge in [-0.3, -0.25) is 14.5 Å². The van der Waals surface area contributed by atoms with Crippen LogP contribution in [0.15, 0.2) is 24.3 Å². The van der Waals surface area contributed by atoms with Crippen LogP contribution < -0.4 is 10.2 Å². The number of amides is 2. The Bertz CT molecular complexity index is 687. The third-order valence-corrected chi connectivity index (χ3v) is 5.94. The highest BCUT2D eigenvalue weighted by molar-refractivity contribution is 8.23. The number of anilines is 2. The Morgan fingerprint density at radius 1 is 1.32 bits per heavy atom. The second-order valence-corrected chi connectivity index (χ2v) is 8.38. The van der Waals surface area contributed by atoms with Crippen LogP contribution in [-0.2, 0) is 9.59 Å². The zero-order valence-corrected chi connectivity index (χ0v) is 17.0. The summed E-state index contributed by atoms with van der Waals surface area (Å²) in [5, 5.41) is 2.49. The van der Waals surface area contributed by atoms with Crippen LogP contribution >= 0.6 is 24.0 Å². The highest BCUT2D eigenvalue weighted by Gasteiger charge is 2.44. The number of para-hydroxylation sites is 2. The van der Waals surface area contributed by atoms with Gasteiger partial charge in [0.1, 0.15) is 9.86 Å². The third-order valence-electron chi connectivity index (χ3n) is 4.38. The van der Waals surface area contributed by atoms with Gasteiger partial charge in [-0.05, 0) is 46.8 Å². The molecule has 0 saturated heterocycles.